The first-order valence-electron chi connectivity index (χ1n) is 8.60. The van der Waals surface area contributed by atoms with Crippen molar-refractivity contribution in [3.63, 3.8) is 0 Å². The van der Waals surface area contributed by atoms with Crippen molar-refractivity contribution in [3.8, 4) is 0 Å². The van der Waals surface area contributed by atoms with Gasteiger partial charge in [-0.15, -0.1) is 0 Å². The average Bonchev–Trinajstić information content (AvgIpc) is 3.08. The van der Waals surface area contributed by atoms with Crippen molar-refractivity contribution in [2.45, 2.75) is 13.1 Å². The molecule has 0 unspecified atom stereocenters. The van der Waals surface area contributed by atoms with Crippen LogP contribution in [0.3, 0.4) is 0 Å². The minimum atomic E-state index is -4.44. The highest BCUT2D eigenvalue weighted by Gasteiger charge is 2.36. The number of rotatable bonds is 1. The second-order valence-electron chi connectivity index (χ2n) is 6.89. The molecule has 0 bridgehead atoms. The van der Waals surface area contributed by atoms with Crippen LogP contribution in [0.25, 0.3) is 5.57 Å². The van der Waals surface area contributed by atoms with E-state index >= 15 is 0 Å². The average molecular weight is 383 g/mol. The fourth-order valence-electron chi connectivity index (χ4n) is 3.39. The number of nitrogens with zero attached hydrogens (tertiary/aromatic N) is 3. The number of hydrogen-bond acceptors (Lipinski definition) is 4. The topological polar surface area (TPSA) is 45.0 Å². The first-order chi connectivity index (χ1) is 13.2. The summed E-state index contributed by atoms with van der Waals surface area (Å²) < 4.78 is 39.1. The largest absolute Gasteiger partial charge is 0.416 e. The maximum atomic E-state index is 13.3. The van der Waals surface area contributed by atoms with Gasteiger partial charge in [0.15, 0.2) is 5.78 Å². The molecule has 2 aromatic rings. The molecule has 0 saturated carbocycles. The molecular weight excluding hydrogens is 367 g/mol. The van der Waals surface area contributed by atoms with Crippen LogP contribution in [0.4, 0.5) is 13.2 Å². The Kier molecular flexibility index (Phi) is 3.99. The van der Waals surface area contributed by atoms with E-state index in [-0.39, 0.29) is 11.4 Å². The molecule has 1 aliphatic carbocycles. The Balaban J connectivity index is 1.97. The molecule has 1 aliphatic heterocycles. The molecule has 4 rings (SSSR count). The lowest BCUT2D eigenvalue weighted by molar-refractivity contribution is -0.137. The summed E-state index contributed by atoms with van der Waals surface area (Å²) in [6.45, 7) is 1.56. The Labute approximate surface area is 159 Å². The Bertz CT molecular complexity index is 1110. The number of Topliss-reactive ketones (excluding diaryl/α,β-unsaturated/α-hetero) is 1. The number of carbonyl (C=O) groups excluding carboxylic acids is 1. The molecule has 142 valence electrons. The lowest BCUT2D eigenvalue weighted by Gasteiger charge is -2.21. The predicted molar refractivity (Wildman–Crippen MR) is 102 cm³/mol. The van der Waals surface area contributed by atoms with Crippen LogP contribution in [0, 0.1) is 6.92 Å². The van der Waals surface area contributed by atoms with Crippen molar-refractivity contribution in [3.05, 3.63) is 76.0 Å². The summed E-state index contributed by atoms with van der Waals surface area (Å²) in [5.74, 6) is 0.174. The third-order valence-electron chi connectivity index (χ3n) is 4.76. The molecule has 1 heterocycles. The van der Waals surface area contributed by atoms with Gasteiger partial charge in [-0.2, -0.15) is 13.2 Å². The van der Waals surface area contributed by atoms with E-state index in [9.17, 15) is 18.0 Å². The van der Waals surface area contributed by atoms with Gasteiger partial charge in [-0.25, -0.2) is 9.98 Å². The molecule has 0 radical (unpaired) electrons. The zero-order chi connectivity index (χ0) is 20.2. The van der Waals surface area contributed by atoms with Gasteiger partial charge in [0.2, 0.25) is 5.96 Å². The summed E-state index contributed by atoms with van der Waals surface area (Å²) >= 11 is 0. The highest BCUT2D eigenvalue weighted by Crippen LogP contribution is 2.38. The third kappa shape index (κ3) is 2.74. The van der Waals surface area contributed by atoms with E-state index in [0.717, 1.165) is 12.1 Å². The van der Waals surface area contributed by atoms with Gasteiger partial charge in [0.25, 0.3) is 0 Å². The van der Waals surface area contributed by atoms with Crippen LogP contribution in [0.5, 0.6) is 0 Å². The fourth-order valence-corrected chi connectivity index (χ4v) is 3.39. The molecule has 0 N–H and O–H groups in total. The predicted octanol–water partition coefficient (Wildman–Crippen LogP) is 4.34. The number of benzene rings is 2. The molecule has 2 aromatic carbocycles. The number of aliphatic imine (C=N–C) groups is 2. The first kappa shape index (κ1) is 18.2. The van der Waals surface area contributed by atoms with Gasteiger partial charge < -0.3 is 4.90 Å². The molecule has 2 aliphatic rings. The quantitative estimate of drug-likeness (QED) is 0.735. The lowest BCUT2D eigenvalue weighted by atomic mass is 9.82. The fraction of sp³-hybridized carbons (Fsp3) is 0.190. The number of fused-ring (bicyclic) bond motifs is 3. The summed E-state index contributed by atoms with van der Waals surface area (Å²) in [4.78, 5) is 24.0. The van der Waals surface area contributed by atoms with E-state index < -0.39 is 11.7 Å². The molecule has 0 amide bonds. The second-order valence-corrected chi connectivity index (χ2v) is 6.89. The molecule has 0 saturated heterocycles. The summed E-state index contributed by atoms with van der Waals surface area (Å²) in [6, 6.07) is 10.5. The first-order valence-corrected chi connectivity index (χ1v) is 8.60. The highest BCUT2D eigenvalue weighted by molar-refractivity contribution is 6.43. The van der Waals surface area contributed by atoms with Crippen LogP contribution in [0.2, 0.25) is 0 Å². The Morgan fingerprint density at radius 1 is 0.929 bits per heavy atom. The summed E-state index contributed by atoms with van der Waals surface area (Å²) in [6.07, 6.45) is -4.44. The van der Waals surface area contributed by atoms with Gasteiger partial charge in [-0.1, -0.05) is 30.3 Å². The molecule has 0 atom stereocenters. The zero-order valence-electron chi connectivity index (χ0n) is 15.4. The lowest BCUT2D eigenvalue weighted by Crippen LogP contribution is -2.20. The van der Waals surface area contributed by atoms with Crippen molar-refractivity contribution in [1.29, 1.82) is 0 Å². The number of halogens is 3. The van der Waals surface area contributed by atoms with Crippen LogP contribution in [-0.2, 0) is 6.18 Å². The summed E-state index contributed by atoms with van der Waals surface area (Å²) in [7, 11) is 3.58. The van der Waals surface area contributed by atoms with Crippen molar-refractivity contribution in [1.82, 2.24) is 4.90 Å². The molecular formula is C21H16F3N3O. The van der Waals surface area contributed by atoms with Crippen LogP contribution in [0.15, 0.2) is 58.1 Å². The minimum absolute atomic E-state index is 0.267. The Hall–Kier alpha value is -3.22. The van der Waals surface area contributed by atoms with E-state index in [0.29, 0.717) is 39.6 Å². The Morgan fingerprint density at radius 3 is 2.21 bits per heavy atom. The van der Waals surface area contributed by atoms with Gasteiger partial charge >= 0.3 is 6.18 Å². The van der Waals surface area contributed by atoms with Gasteiger partial charge in [-0.05, 0) is 30.2 Å². The van der Waals surface area contributed by atoms with Crippen molar-refractivity contribution < 1.29 is 18.0 Å². The highest BCUT2D eigenvalue weighted by atomic mass is 19.4. The zero-order valence-corrected chi connectivity index (χ0v) is 15.4. The van der Waals surface area contributed by atoms with E-state index in [1.165, 1.54) is 6.07 Å². The van der Waals surface area contributed by atoms with Gasteiger partial charge in [0, 0.05) is 25.2 Å². The van der Waals surface area contributed by atoms with Crippen molar-refractivity contribution in [2.75, 3.05) is 14.1 Å². The summed E-state index contributed by atoms with van der Waals surface area (Å²) in [5.41, 5.74) is 2.42. The smallest absolute Gasteiger partial charge is 0.347 e. The van der Waals surface area contributed by atoms with E-state index in [4.69, 9.17) is 0 Å². The van der Waals surface area contributed by atoms with Crippen molar-refractivity contribution in [2.24, 2.45) is 9.98 Å². The van der Waals surface area contributed by atoms with Gasteiger partial charge in [0.05, 0.1) is 11.1 Å². The van der Waals surface area contributed by atoms with E-state index in [1.54, 1.807) is 44.1 Å². The number of carbonyl (C=O) groups is 1. The van der Waals surface area contributed by atoms with Gasteiger partial charge in [-0.3, -0.25) is 4.79 Å². The monoisotopic (exact) mass is 383 g/mol. The van der Waals surface area contributed by atoms with Crippen LogP contribution in [0.1, 0.15) is 32.6 Å². The molecule has 0 aromatic heterocycles. The number of aryl methyl sites for hydroxylation is 1. The number of guanidine groups is 1. The third-order valence-corrected chi connectivity index (χ3v) is 4.76. The maximum Gasteiger partial charge on any atom is 0.416 e. The number of allylic oxidation sites excluding steroid dienone is 2. The number of ketones is 1. The second kappa shape index (κ2) is 6.15. The normalized spacial score (nSPS) is 15.9. The van der Waals surface area contributed by atoms with E-state index in [2.05, 4.69) is 9.98 Å². The summed E-state index contributed by atoms with van der Waals surface area (Å²) in [5, 5.41) is 0. The standard InChI is InChI=1S/C21H16F3N3O/c1-11-10-12(21(22,23)24)8-9-13(11)16-18-17(25-20(26-18)27(2)3)14-6-4-5-7-15(14)19(16)28/h4-10H,1-3H3. The van der Waals surface area contributed by atoms with Crippen LogP contribution in [-0.4, -0.2) is 36.4 Å². The number of hydrogen-bond donors (Lipinski definition) is 0. The van der Waals surface area contributed by atoms with Gasteiger partial charge in [0.1, 0.15) is 11.4 Å². The maximum absolute atomic E-state index is 13.3. The molecule has 7 heteroatoms. The SMILES string of the molecule is Cc1cc(C(F)(F)F)ccc1C1=C2N=C(N(C)C)N=C2c2ccccc2C1=O. The van der Waals surface area contributed by atoms with Crippen LogP contribution < -0.4 is 0 Å². The molecule has 0 spiro atoms. The van der Waals surface area contributed by atoms with E-state index in [1.807, 2.05) is 6.07 Å². The molecule has 0 fully saturated rings. The molecule has 28 heavy (non-hydrogen) atoms. The molecule has 4 nitrogen and oxygen atoms in total. The number of alkyl halides is 3. The van der Waals surface area contributed by atoms with Crippen molar-refractivity contribution >= 4 is 23.0 Å². The van der Waals surface area contributed by atoms with Crippen LogP contribution >= 0.6 is 0 Å². The minimum Gasteiger partial charge on any atom is -0.347 e. The Morgan fingerprint density at radius 2 is 1.61 bits per heavy atom.